The topological polar surface area (TPSA) is 79.1 Å². The normalized spacial score (nSPS) is 14.9. The number of esters is 1. The smallest absolute Gasteiger partial charge is 0.338 e. The van der Waals surface area contributed by atoms with Gasteiger partial charge in [-0.1, -0.05) is 83.6 Å². The molecule has 9 heteroatoms. The van der Waals surface area contributed by atoms with Gasteiger partial charge in [-0.15, -0.1) is 0 Å². The second-order valence-corrected chi connectivity index (χ2v) is 10.4. The van der Waals surface area contributed by atoms with Crippen LogP contribution in [-0.2, 0) is 16.1 Å². The molecule has 0 spiro atoms. The highest BCUT2D eigenvalue weighted by Crippen LogP contribution is 2.37. The number of methoxy groups -OCH3 is 1. The van der Waals surface area contributed by atoms with Crippen LogP contribution in [0.1, 0.15) is 36.6 Å². The Balaban J connectivity index is 1.58. The second-order valence-electron chi connectivity index (χ2n) is 9.02. The number of rotatable bonds is 8. The van der Waals surface area contributed by atoms with Crippen molar-refractivity contribution < 1.29 is 19.0 Å². The van der Waals surface area contributed by atoms with E-state index >= 15 is 0 Å². The molecule has 0 radical (unpaired) electrons. The number of hydrogen-bond acceptors (Lipinski definition) is 7. The van der Waals surface area contributed by atoms with Crippen LogP contribution < -0.4 is 24.4 Å². The Bertz CT molecular complexity index is 1760. The number of nitrogens with zero attached hydrogens (tertiary/aromatic N) is 2. The van der Waals surface area contributed by atoms with Crippen LogP contribution in [0.2, 0.25) is 5.02 Å². The zero-order chi connectivity index (χ0) is 28.2. The van der Waals surface area contributed by atoms with Gasteiger partial charge in [0.1, 0.15) is 6.61 Å². The van der Waals surface area contributed by atoms with E-state index in [4.69, 9.17) is 25.8 Å². The molecule has 0 unspecified atom stereocenters. The van der Waals surface area contributed by atoms with Crippen molar-refractivity contribution in [1.82, 2.24) is 4.57 Å². The maximum atomic E-state index is 13.8. The molecular formula is C31H27ClN2O5S. The predicted octanol–water partition coefficient (Wildman–Crippen LogP) is 5.04. The Morgan fingerprint density at radius 2 is 1.80 bits per heavy atom. The van der Waals surface area contributed by atoms with Crippen molar-refractivity contribution in [3.05, 3.63) is 125 Å². The third-order valence-corrected chi connectivity index (χ3v) is 7.67. The molecule has 204 valence electrons. The van der Waals surface area contributed by atoms with Crippen molar-refractivity contribution >= 4 is 35.0 Å². The summed E-state index contributed by atoms with van der Waals surface area (Å²) in [6.45, 7) is 4.06. The minimum Gasteiger partial charge on any atom is -0.493 e. The molecule has 2 heterocycles. The molecule has 1 aliphatic rings. The number of ether oxygens (including phenoxy) is 3. The molecule has 0 aliphatic carbocycles. The number of benzene rings is 3. The summed E-state index contributed by atoms with van der Waals surface area (Å²) in [6, 6.07) is 22.0. The molecule has 5 rings (SSSR count). The summed E-state index contributed by atoms with van der Waals surface area (Å²) in [7, 11) is 1.54. The molecule has 4 aromatic rings. The summed E-state index contributed by atoms with van der Waals surface area (Å²) in [4.78, 5) is 31.9. The lowest BCUT2D eigenvalue weighted by Crippen LogP contribution is -2.39. The average molecular weight is 575 g/mol. The molecule has 1 aliphatic heterocycles. The molecule has 0 amide bonds. The zero-order valence-corrected chi connectivity index (χ0v) is 23.8. The monoisotopic (exact) mass is 574 g/mol. The SMILES string of the molecule is CCOC(=O)C1=C(C)N=c2s/c(=C\c3cc(Cl)c(OCc4ccccc4)c(OC)c3)c(=O)n2[C@@H]1c1ccccc1. The van der Waals surface area contributed by atoms with Crippen LogP contribution in [0.15, 0.2) is 93.9 Å². The average Bonchev–Trinajstić information content (AvgIpc) is 3.26. The summed E-state index contributed by atoms with van der Waals surface area (Å²) in [5.41, 5.74) is 3.04. The highest BCUT2D eigenvalue weighted by molar-refractivity contribution is 7.07. The van der Waals surface area contributed by atoms with Crippen molar-refractivity contribution in [2.45, 2.75) is 26.5 Å². The van der Waals surface area contributed by atoms with Crippen LogP contribution >= 0.6 is 22.9 Å². The van der Waals surface area contributed by atoms with E-state index in [1.807, 2.05) is 60.7 Å². The van der Waals surface area contributed by atoms with Gasteiger partial charge in [-0.3, -0.25) is 9.36 Å². The molecule has 0 fully saturated rings. The molecule has 1 aromatic heterocycles. The van der Waals surface area contributed by atoms with Gasteiger partial charge in [-0.2, -0.15) is 0 Å². The predicted molar refractivity (Wildman–Crippen MR) is 156 cm³/mol. The fourth-order valence-electron chi connectivity index (χ4n) is 4.59. The van der Waals surface area contributed by atoms with Crippen molar-refractivity contribution in [2.75, 3.05) is 13.7 Å². The molecular weight excluding hydrogens is 548 g/mol. The first kappa shape index (κ1) is 27.4. The van der Waals surface area contributed by atoms with Gasteiger partial charge in [0, 0.05) is 0 Å². The third-order valence-electron chi connectivity index (χ3n) is 6.41. The van der Waals surface area contributed by atoms with Gasteiger partial charge in [0.15, 0.2) is 16.3 Å². The van der Waals surface area contributed by atoms with Gasteiger partial charge in [0.25, 0.3) is 5.56 Å². The molecule has 0 saturated carbocycles. The number of carbonyl (C=O) groups is 1. The lowest BCUT2D eigenvalue weighted by Gasteiger charge is -2.24. The van der Waals surface area contributed by atoms with E-state index in [1.165, 1.54) is 18.4 Å². The lowest BCUT2D eigenvalue weighted by atomic mass is 9.96. The number of fused-ring (bicyclic) bond motifs is 1. The Hall–Kier alpha value is -4.14. The van der Waals surface area contributed by atoms with Gasteiger partial charge in [-0.05, 0) is 48.7 Å². The fraction of sp³-hybridized carbons (Fsp3) is 0.194. The summed E-state index contributed by atoms with van der Waals surface area (Å²) < 4.78 is 18.9. The summed E-state index contributed by atoms with van der Waals surface area (Å²) in [5.74, 6) is 0.380. The molecule has 3 aromatic carbocycles. The van der Waals surface area contributed by atoms with Crippen LogP contribution in [0.5, 0.6) is 11.5 Å². The largest absolute Gasteiger partial charge is 0.493 e. The number of hydrogen-bond donors (Lipinski definition) is 0. The van der Waals surface area contributed by atoms with E-state index in [2.05, 4.69) is 4.99 Å². The number of thiazole rings is 1. The first-order valence-electron chi connectivity index (χ1n) is 12.7. The van der Waals surface area contributed by atoms with E-state index in [9.17, 15) is 9.59 Å². The first-order valence-corrected chi connectivity index (χ1v) is 13.9. The lowest BCUT2D eigenvalue weighted by molar-refractivity contribution is -0.139. The van der Waals surface area contributed by atoms with E-state index < -0.39 is 12.0 Å². The minimum absolute atomic E-state index is 0.217. The summed E-state index contributed by atoms with van der Waals surface area (Å²) in [5, 5.41) is 0.358. The van der Waals surface area contributed by atoms with Gasteiger partial charge in [0.2, 0.25) is 0 Å². The first-order chi connectivity index (χ1) is 19.4. The maximum Gasteiger partial charge on any atom is 0.338 e. The Morgan fingerprint density at radius 3 is 2.48 bits per heavy atom. The Morgan fingerprint density at radius 1 is 1.10 bits per heavy atom. The van der Waals surface area contributed by atoms with Crippen molar-refractivity contribution in [3.63, 3.8) is 0 Å². The van der Waals surface area contributed by atoms with Gasteiger partial charge >= 0.3 is 5.97 Å². The second kappa shape index (κ2) is 11.9. The molecule has 0 N–H and O–H groups in total. The highest BCUT2D eigenvalue weighted by Gasteiger charge is 2.33. The van der Waals surface area contributed by atoms with Gasteiger partial charge in [-0.25, -0.2) is 9.79 Å². The number of allylic oxidation sites excluding steroid dienone is 1. The third kappa shape index (κ3) is 5.46. The zero-order valence-electron chi connectivity index (χ0n) is 22.2. The number of carbonyl (C=O) groups excluding carboxylic acids is 1. The summed E-state index contributed by atoms with van der Waals surface area (Å²) in [6.07, 6.45) is 1.74. The molecule has 0 saturated heterocycles. The Kier molecular flexibility index (Phi) is 8.19. The van der Waals surface area contributed by atoms with Crippen LogP contribution in [0.3, 0.4) is 0 Å². The quantitative estimate of drug-likeness (QED) is 0.276. The van der Waals surface area contributed by atoms with E-state index in [0.29, 0.717) is 49.3 Å². The van der Waals surface area contributed by atoms with E-state index in [1.54, 1.807) is 36.6 Å². The molecule has 0 bridgehead atoms. The number of aromatic nitrogens is 1. The molecule has 1 atom stereocenters. The highest BCUT2D eigenvalue weighted by atomic mass is 35.5. The van der Waals surface area contributed by atoms with E-state index in [0.717, 1.165) is 11.1 Å². The fourth-order valence-corrected chi connectivity index (χ4v) is 5.91. The summed E-state index contributed by atoms with van der Waals surface area (Å²) >= 11 is 7.86. The van der Waals surface area contributed by atoms with Crippen LogP contribution in [0.4, 0.5) is 0 Å². The van der Waals surface area contributed by atoms with Crippen LogP contribution in [0, 0.1) is 0 Å². The maximum absolute atomic E-state index is 13.8. The Labute approximate surface area is 240 Å². The van der Waals surface area contributed by atoms with Crippen LogP contribution in [-0.4, -0.2) is 24.3 Å². The molecule has 7 nitrogen and oxygen atoms in total. The number of halogens is 1. The minimum atomic E-state index is -0.662. The molecule has 40 heavy (non-hydrogen) atoms. The van der Waals surface area contributed by atoms with E-state index in [-0.39, 0.29) is 12.2 Å². The van der Waals surface area contributed by atoms with Crippen LogP contribution in [0.25, 0.3) is 6.08 Å². The van der Waals surface area contributed by atoms with Crippen molar-refractivity contribution in [3.8, 4) is 11.5 Å². The van der Waals surface area contributed by atoms with Gasteiger partial charge in [0.05, 0.1) is 40.6 Å². The van der Waals surface area contributed by atoms with Gasteiger partial charge < -0.3 is 14.2 Å². The van der Waals surface area contributed by atoms with Crippen molar-refractivity contribution in [1.29, 1.82) is 0 Å². The standard InChI is InChI=1S/C31H27ClN2O5S/c1-4-38-30(36)26-19(2)33-31-34(27(26)22-13-9-6-10-14-22)29(35)25(40-31)17-21-15-23(32)28(24(16-21)37-3)39-18-20-11-7-5-8-12-20/h5-17,27H,4,18H2,1-3H3/b25-17-/t27-/m1/s1. The van der Waals surface area contributed by atoms with Crippen molar-refractivity contribution in [2.24, 2.45) is 4.99 Å².